The van der Waals surface area contributed by atoms with Gasteiger partial charge in [0.1, 0.15) is 0 Å². The van der Waals surface area contributed by atoms with Gasteiger partial charge < -0.3 is 4.74 Å². The van der Waals surface area contributed by atoms with Gasteiger partial charge in [-0.3, -0.25) is 0 Å². The topological polar surface area (TPSA) is 9.23 Å². The van der Waals surface area contributed by atoms with Crippen LogP contribution in [0.5, 0.6) is 0 Å². The van der Waals surface area contributed by atoms with Crippen LogP contribution in [0.25, 0.3) is 0 Å². The fraction of sp³-hybridized carbons (Fsp3) is 0.538. The fourth-order valence-electron chi connectivity index (χ4n) is 2.02. The number of rotatable bonds is 1. The first-order valence-corrected chi connectivity index (χ1v) is 5.63. The SMILES string of the molecule is c1ccc(C2CCCCCCO2)cc1. The van der Waals surface area contributed by atoms with E-state index in [1.807, 2.05) is 0 Å². The normalized spacial score (nSPS) is 23.9. The zero-order valence-electron chi connectivity index (χ0n) is 8.61. The quantitative estimate of drug-likeness (QED) is 0.656. The van der Waals surface area contributed by atoms with Crippen LogP contribution in [-0.4, -0.2) is 6.61 Å². The minimum atomic E-state index is 0.344. The molecule has 1 aromatic carbocycles. The Bertz CT molecular complexity index is 247. The summed E-state index contributed by atoms with van der Waals surface area (Å²) in [6, 6.07) is 10.6. The number of hydrogen-bond acceptors (Lipinski definition) is 1. The summed E-state index contributed by atoms with van der Waals surface area (Å²) in [5.74, 6) is 0. The Hall–Kier alpha value is -0.820. The van der Waals surface area contributed by atoms with Gasteiger partial charge in [0.25, 0.3) is 0 Å². The van der Waals surface area contributed by atoms with Crippen molar-refractivity contribution in [3.8, 4) is 0 Å². The van der Waals surface area contributed by atoms with Gasteiger partial charge >= 0.3 is 0 Å². The predicted molar refractivity (Wildman–Crippen MR) is 58.2 cm³/mol. The predicted octanol–water partition coefficient (Wildman–Crippen LogP) is 3.71. The van der Waals surface area contributed by atoms with Gasteiger partial charge in [-0.15, -0.1) is 0 Å². The molecule has 0 N–H and O–H groups in total. The molecule has 1 heterocycles. The summed E-state index contributed by atoms with van der Waals surface area (Å²) in [7, 11) is 0. The Balaban J connectivity index is 2.01. The zero-order valence-corrected chi connectivity index (χ0v) is 8.61. The van der Waals surface area contributed by atoms with Crippen LogP contribution in [0, 0.1) is 0 Å². The van der Waals surface area contributed by atoms with Crippen LogP contribution in [0.4, 0.5) is 0 Å². The highest BCUT2D eigenvalue weighted by Crippen LogP contribution is 2.26. The third-order valence-electron chi connectivity index (χ3n) is 2.85. The smallest absolute Gasteiger partial charge is 0.0824 e. The van der Waals surface area contributed by atoms with Crippen molar-refractivity contribution in [3.63, 3.8) is 0 Å². The first-order valence-electron chi connectivity index (χ1n) is 5.63. The molecule has 1 saturated heterocycles. The number of hydrogen-bond donors (Lipinski definition) is 0. The first-order chi connectivity index (χ1) is 6.97. The Morgan fingerprint density at radius 1 is 0.929 bits per heavy atom. The van der Waals surface area contributed by atoms with Crippen molar-refractivity contribution in [1.82, 2.24) is 0 Å². The highest BCUT2D eigenvalue weighted by Gasteiger charge is 2.12. The average Bonchev–Trinajstić information content (AvgIpc) is 2.18. The van der Waals surface area contributed by atoms with Crippen molar-refractivity contribution < 1.29 is 4.74 Å². The highest BCUT2D eigenvalue weighted by atomic mass is 16.5. The first kappa shape index (κ1) is 9.72. The molecule has 1 aliphatic heterocycles. The molecule has 0 spiro atoms. The lowest BCUT2D eigenvalue weighted by molar-refractivity contribution is 0.0346. The van der Waals surface area contributed by atoms with Crippen LogP contribution in [0.2, 0.25) is 0 Å². The van der Waals surface area contributed by atoms with E-state index >= 15 is 0 Å². The molecule has 0 amide bonds. The maximum atomic E-state index is 5.87. The zero-order chi connectivity index (χ0) is 9.64. The molecule has 1 nitrogen and oxygen atoms in total. The van der Waals surface area contributed by atoms with Crippen LogP contribution >= 0.6 is 0 Å². The summed E-state index contributed by atoms with van der Waals surface area (Å²) in [5.41, 5.74) is 1.34. The van der Waals surface area contributed by atoms with Crippen LogP contribution in [0.1, 0.15) is 43.8 Å². The standard InChI is InChI=1S/C13H18O/c1-2-7-11-14-13(10-6-1)12-8-4-3-5-9-12/h3-5,8-9,13H,1-2,6-7,10-11H2. The molecule has 1 fully saturated rings. The van der Waals surface area contributed by atoms with E-state index < -0.39 is 0 Å². The second-order valence-corrected chi connectivity index (χ2v) is 3.97. The molecular formula is C13H18O. The van der Waals surface area contributed by atoms with Gasteiger partial charge in [0.15, 0.2) is 0 Å². The van der Waals surface area contributed by atoms with E-state index in [0.717, 1.165) is 6.61 Å². The van der Waals surface area contributed by atoms with Gasteiger partial charge in [-0.25, -0.2) is 0 Å². The van der Waals surface area contributed by atoms with Crippen LogP contribution in [-0.2, 0) is 4.74 Å². The molecule has 14 heavy (non-hydrogen) atoms. The van der Waals surface area contributed by atoms with E-state index in [0.29, 0.717) is 6.10 Å². The van der Waals surface area contributed by atoms with Crippen LogP contribution in [0.3, 0.4) is 0 Å². The summed E-state index contributed by atoms with van der Waals surface area (Å²) in [6.45, 7) is 0.930. The van der Waals surface area contributed by atoms with Gasteiger partial charge in [0, 0.05) is 6.61 Å². The summed E-state index contributed by atoms with van der Waals surface area (Å²) >= 11 is 0. The van der Waals surface area contributed by atoms with Crippen molar-refractivity contribution in [2.24, 2.45) is 0 Å². The van der Waals surface area contributed by atoms with E-state index in [4.69, 9.17) is 4.74 Å². The van der Waals surface area contributed by atoms with Gasteiger partial charge in [-0.05, 0) is 18.4 Å². The lowest BCUT2D eigenvalue weighted by Crippen LogP contribution is -2.08. The summed E-state index contributed by atoms with van der Waals surface area (Å²) in [5, 5.41) is 0. The maximum absolute atomic E-state index is 5.87. The summed E-state index contributed by atoms with van der Waals surface area (Å²) in [4.78, 5) is 0. The monoisotopic (exact) mass is 190 g/mol. The number of ether oxygens (including phenoxy) is 1. The van der Waals surface area contributed by atoms with Crippen molar-refractivity contribution in [3.05, 3.63) is 35.9 Å². The highest BCUT2D eigenvalue weighted by molar-refractivity contribution is 5.17. The molecule has 2 rings (SSSR count). The van der Waals surface area contributed by atoms with Crippen molar-refractivity contribution >= 4 is 0 Å². The van der Waals surface area contributed by atoms with E-state index in [2.05, 4.69) is 30.3 Å². The minimum Gasteiger partial charge on any atom is -0.374 e. The summed E-state index contributed by atoms with van der Waals surface area (Å²) in [6.07, 6.45) is 6.76. The van der Waals surface area contributed by atoms with E-state index in [-0.39, 0.29) is 0 Å². The van der Waals surface area contributed by atoms with Gasteiger partial charge in [-0.1, -0.05) is 49.6 Å². The Labute approximate surface area is 86.1 Å². The van der Waals surface area contributed by atoms with E-state index in [1.54, 1.807) is 0 Å². The molecule has 0 saturated carbocycles. The van der Waals surface area contributed by atoms with Crippen molar-refractivity contribution in [2.45, 2.75) is 38.2 Å². The number of benzene rings is 1. The molecule has 1 unspecified atom stereocenters. The van der Waals surface area contributed by atoms with Gasteiger partial charge in [-0.2, -0.15) is 0 Å². The third kappa shape index (κ3) is 2.58. The second kappa shape index (κ2) is 5.16. The molecular weight excluding hydrogens is 172 g/mol. The van der Waals surface area contributed by atoms with E-state index in [9.17, 15) is 0 Å². The van der Waals surface area contributed by atoms with Crippen LogP contribution < -0.4 is 0 Å². The molecule has 0 aliphatic carbocycles. The van der Waals surface area contributed by atoms with Gasteiger partial charge in [0.05, 0.1) is 6.10 Å². The molecule has 76 valence electrons. The largest absolute Gasteiger partial charge is 0.374 e. The Kier molecular flexibility index (Phi) is 3.58. The van der Waals surface area contributed by atoms with E-state index in [1.165, 1.54) is 37.7 Å². The molecule has 0 bridgehead atoms. The van der Waals surface area contributed by atoms with Gasteiger partial charge in [0.2, 0.25) is 0 Å². The second-order valence-electron chi connectivity index (χ2n) is 3.97. The van der Waals surface area contributed by atoms with Crippen molar-refractivity contribution in [1.29, 1.82) is 0 Å². The average molecular weight is 190 g/mol. The van der Waals surface area contributed by atoms with Crippen molar-refractivity contribution in [2.75, 3.05) is 6.61 Å². The molecule has 1 atom stereocenters. The molecule has 1 aromatic rings. The Morgan fingerprint density at radius 3 is 2.57 bits per heavy atom. The minimum absolute atomic E-state index is 0.344. The lowest BCUT2D eigenvalue weighted by Gasteiger charge is -2.20. The maximum Gasteiger partial charge on any atom is 0.0824 e. The Morgan fingerprint density at radius 2 is 1.71 bits per heavy atom. The molecule has 1 aliphatic rings. The molecule has 1 heteroatoms. The third-order valence-corrected chi connectivity index (χ3v) is 2.85. The molecule has 0 radical (unpaired) electrons. The summed E-state index contributed by atoms with van der Waals surface area (Å²) < 4.78 is 5.87. The van der Waals surface area contributed by atoms with Crippen LogP contribution in [0.15, 0.2) is 30.3 Å². The molecule has 0 aromatic heterocycles. The lowest BCUT2D eigenvalue weighted by atomic mass is 10.0. The fourth-order valence-corrected chi connectivity index (χ4v) is 2.02.